The van der Waals surface area contributed by atoms with Crippen molar-refractivity contribution in [3.8, 4) is 0 Å². The second-order valence-corrected chi connectivity index (χ2v) is 28.6. The van der Waals surface area contributed by atoms with E-state index >= 15 is 0 Å². The molecule has 1 aromatic carbocycles. The van der Waals surface area contributed by atoms with Gasteiger partial charge in [-0.25, -0.2) is 9.78 Å². The Hall–Kier alpha value is -9.20. The van der Waals surface area contributed by atoms with Gasteiger partial charge in [0, 0.05) is 70.0 Å². The fourth-order valence-electron chi connectivity index (χ4n) is 13.5. The summed E-state index contributed by atoms with van der Waals surface area (Å²) in [4.78, 5) is 188. The molecule has 0 bridgehead atoms. The predicted molar refractivity (Wildman–Crippen MR) is 396 cm³/mol. The highest BCUT2D eigenvalue weighted by atomic mass is 32.2. The van der Waals surface area contributed by atoms with Crippen LogP contribution in [0.3, 0.4) is 0 Å². The van der Waals surface area contributed by atoms with Gasteiger partial charge in [0.1, 0.15) is 60.4 Å². The highest BCUT2D eigenvalue weighted by Gasteiger charge is 2.43. The molecule has 588 valence electrons. The summed E-state index contributed by atoms with van der Waals surface area (Å²) >= 11 is 1.43. The first-order valence-electron chi connectivity index (χ1n) is 36.7. The third-order valence-electron chi connectivity index (χ3n) is 19.0. The number of guanidine groups is 2. The van der Waals surface area contributed by atoms with Crippen LogP contribution in [0.4, 0.5) is 0 Å². The number of aliphatic hydroxyl groups is 1. The molecule has 0 radical (unpaired) electrons. The average Bonchev–Trinajstić information content (AvgIpc) is 1.65. The number of thioether (sulfide) groups is 1. The lowest BCUT2D eigenvalue weighted by molar-refractivity contribution is -0.145. The molecule has 2 aromatic rings. The van der Waals surface area contributed by atoms with Crippen LogP contribution in [0, 0.1) is 5.92 Å². The van der Waals surface area contributed by atoms with Gasteiger partial charge in [0.15, 0.2) is 11.9 Å². The number of carbonyl (C=O) groups excluding carboxylic acids is 11. The Balaban J connectivity index is 1.10. The Morgan fingerprint density at radius 1 is 0.594 bits per heavy atom. The Kier molecular flexibility index (Phi) is 36.1. The number of benzene rings is 1. The zero-order valence-electron chi connectivity index (χ0n) is 61.0. The van der Waals surface area contributed by atoms with Gasteiger partial charge in [-0.15, -0.1) is 0 Å². The number of rotatable bonds is 45. The molecule has 37 heteroatoms. The standard InChI is InChI=1S/C69H112N22O14S/c1-41(2)33-49(85-58(95)46(19-10-27-77-68(71)72)83-63(100)54-22-13-30-90(54)65(102)47(20-11-28-78-69(73)74)79-37-43-17-9-26-76-43)59(96)88-52(39-92)61(98)86-50(35-44-36-75-40-81-44)60(97)82-45(18-7-8-25-70)57(94)80-38-56(93)89-29-12-21-53(89)62(99)84-48(24-32-106-3)66(103)91-31-14-23-55(91)64(101)87-51(67(104)105)34-42-15-5-4-6-16-42/h4-6,15-16,36,40-41,43,45-55,76,79,92H,7-14,17-35,37-39,70H2,1-3H3,(H,75,81)(H,80,94)(H,82,97)(H,83,100)(H,84,99)(H,85,95)(H,86,98)(H,87,101)(H,88,96)(H,104,105)(H4,71,72,77)(H4,73,74,78). The minimum Gasteiger partial charge on any atom is -0.480 e. The van der Waals surface area contributed by atoms with Crippen molar-refractivity contribution in [1.82, 2.24) is 77.8 Å². The van der Waals surface area contributed by atoms with Crippen LogP contribution in [0.2, 0.25) is 0 Å². The predicted octanol–water partition coefficient (Wildman–Crippen LogP) is -4.50. The Morgan fingerprint density at radius 2 is 1.11 bits per heavy atom. The summed E-state index contributed by atoms with van der Waals surface area (Å²) in [6, 6.07) is -4.30. The number of aliphatic imine (C=N–C) groups is 2. The Morgan fingerprint density at radius 3 is 1.67 bits per heavy atom. The molecular weight excluding hydrogens is 1390 g/mol. The van der Waals surface area contributed by atoms with Gasteiger partial charge < -0.3 is 112 Å². The third-order valence-corrected chi connectivity index (χ3v) is 19.7. The normalized spacial score (nSPS) is 19.2. The van der Waals surface area contributed by atoms with Crippen molar-refractivity contribution in [1.29, 1.82) is 0 Å². The largest absolute Gasteiger partial charge is 0.480 e. The molecule has 106 heavy (non-hydrogen) atoms. The van der Waals surface area contributed by atoms with Crippen molar-refractivity contribution in [2.75, 3.05) is 77.5 Å². The van der Waals surface area contributed by atoms with Gasteiger partial charge in [-0.3, -0.25) is 62.7 Å². The van der Waals surface area contributed by atoms with Crippen molar-refractivity contribution in [3.05, 3.63) is 54.1 Å². The number of carboxylic acid groups (broad SMARTS) is 1. The van der Waals surface area contributed by atoms with Crippen LogP contribution < -0.4 is 81.8 Å². The van der Waals surface area contributed by atoms with Crippen molar-refractivity contribution in [2.24, 2.45) is 44.6 Å². The number of hydrogen-bond acceptors (Lipinski definition) is 20. The molecule has 1 aromatic heterocycles. The summed E-state index contributed by atoms with van der Waals surface area (Å²) in [5.74, 6) is -9.10. The second-order valence-electron chi connectivity index (χ2n) is 27.6. The Labute approximate surface area is 622 Å². The smallest absolute Gasteiger partial charge is 0.326 e. The molecule has 4 fully saturated rings. The van der Waals surface area contributed by atoms with Crippen LogP contribution in [0.1, 0.15) is 134 Å². The number of likely N-dealkylation sites (tertiary alicyclic amines) is 3. The van der Waals surface area contributed by atoms with Crippen LogP contribution in [0.25, 0.3) is 0 Å². The molecule has 23 N–H and O–H groups in total. The molecule has 0 spiro atoms. The fourth-order valence-corrected chi connectivity index (χ4v) is 13.9. The monoisotopic (exact) mass is 1500 g/mol. The molecule has 6 rings (SSSR count). The average molecular weight is 1510 g/mol. The lowest BCUT2D eigenvalue weighted by Crippen LogP contribution is -2.61. The van der Waals surface area contributed by atoms with Crippen LogP contribution in [-0.4, -0.2) is 268 Å². The highest BCUT2D eigenvalue weighted by Crippen LogP contribution is 2.24. The second kappa shape index (κ2) is 44.7. The molecule has 4 aliphatic rings. The number of hydrogen-bond donors (Lipinski definition) is 18. The van der Waals surface area contributed by atoms with E-state index in [1.807, 2.05) is 6.26 Å². The van der Waals surface area contributed by atoms with Gasteiger partial charge in [-0.1, -0.05) is 44.2 Å². The maximum atomic E-state index is 14.5. The zero-order chi connectivity index (χ0) is 77.2. The molecular formula is C69H112N22O14S. The molecule has 11 amide bonds. The summed E-state index contributed by atoms with van der Waals surface area (Å²) in [6.45, 7) is 4.52. The topological polar surface area (TPSA) is 559 Å². The van der Waals surface area contributed by atoms with E-state index in [1.165, 1.54) is 39.0 Å². The number of unbranched alkanes of at least 4 members (excludes halogenated alkanes) is 1. The lowest BCUT2D eigenvalue weighted by atomic mass is 10.0. The Bertz CT molecular complexity index is 3280. The van der Waals surface area contributed by atoms with Crippen molar-refractivity contribution in [3.63, 3.8) is 0 Å². The molecule has 12 atom stereocenters. The maximum Gasteiger partial charge on any atom is 0.326 e. The molecule has 0 aliphatic carbocycles. The van der Waals surface area contributed by atoms with E-state index in [4.69, 9.17) is 28.7 Å². The summed E-state index contributed by atoms with van der Waals surface area (Å²) in [7, 11) is 0. The van der Waals surface area contributed by atoms with Crippen LogP contribution in [0.15, 0.2) is 52.8 Å². The quantitative estimate of drug-likeness (QED) is 0.0169. The first kappa shape index (κ1) is 85.7. The van der Waals surface area contributed by atoms with E-state index in [0.29, 0.717) is 74.9 Å². The SMILES string of the molecule is CSCCC(NC(=O)C1CCCN1C(=O)CNC(=O)C(CCCCN)NC(=O)C(Cc1cnc[nH]1)NC(=O)C(CO)NC(=O)C(CC(C)C)NC(=O)C(CCCN=C(N)N)NC(=O)C1CCCN1C(=O)C(CCCN=C(N)N)NCC1CCCN1)C(=O)N1CCCC1C(=O)NC(Cc1ccccc1)C(=O)O. The van der Waals surface area contributed by atoms with Crippen molar-refractivity contribution < 1.29 is 67.7 Å². The molecule has 36 nitrogen and oxygen atoms in total. The number of aromatic amines is 1. The van der Waals surface area contributed by atoms with E-state index in [9.17, 15) is 67.7 Å². The zero-order valence-corrected chi connectivity index (χ0v) is 61.8. The molecule has 0 saturated carbocycles. The minimum atomic E-state index is -1.73. The number of aliphatic carboxylic acids is 1. The van der Waals surface area contributed by atoms with Crippen LogP contribution in [0.5, 0.6) is 0 Å². The van der Waals surface area contributed by atoms with E-state index in [1.54, 1.807) is 44.2 Å². The molecule has 12 unspecified atom stereocenters. The van der Waals surface area contributed by atoms with Gasteiger partial charge in [0.25, 0.3) is 0 Å². The van der Waals surface area contributed by atoms with Crippen molar-refractivity contribution >= 4 is 94.6 Å². The number of carboxylic acids is 1. The minimum absolute atomic E-state index is 0.00451. The summed E-state index contributed by atoms with van der Waals surface area (Å²) in [5, 5.41) is 48.9. The number of nitrogens with one attached hydrogen (secondary N) is 11. The molecule has 4 aliphatic heterocycles. The number of carbonyl (C=O) groups is 12. The summed E-state index contributed by atoms with van der Waals surface area (Å²) in [6.07, 6.45) is 10.4. The van der Waals surface area contributed by atoms with E-state index < -0.39 is 145 Å². The number of amides is 11. The first-order chi connectivity index (χ1) is 50.8. The van der Waals surface area contributed by atoms with Crippen LogP contribution >= 0.6 is 11.8 Å². The number of aliphatic hydroxyl groups excluding tert-OH is 1. The molecule has 4 saturated heterocycles. The fraction of sp³-hybridized carbons (Fsp3) is 0.667. The van der Waals surface area contributed by atoms with Crippen LogP contribution in [-0.2, 0) is 70.4 Å². The van der Waals surface area contributed by atoms with E-state index in [0.717, 1.165) is 19.4 Å². The number of aromatic nitrogens is 2. The number of nitrogens with two attached hydrogens (primary N) is 5. The number of H-pyrrole nitrogens is 1. The highest BCUT2D eigenvalue weighted by molar-refractivity contribution is 7.98. The number of nitrogens with zero attached hydrogens (tertiary/aromatic N) is 6. The van der Waals surface area contributed by atoms with Gasteiger partial charge in [-0.2, -0.15) is 11.8 Å². The maximum absolute atomic E-state index is 14.5. The van der Waals surface area contributed by atoms with Gasteiger partial charge >= 0.3 is 5.97 Å². The molecule has 5 heterocycles. The third kappa shape index (κ3) is 27.6. The first-order valence-corrected chi connectivity index (χ1v) is 38.1. The summed E-state index contributed by atoms with van der Waals surface area (Å²) in [5.41, 5.74) is 29.2. The van der Waals surface area contributed by atoms with E-state index in [-0.39, 0.29) is 127 Å². The number of imidazole rings is 1. The van der Waals surface area contributed by atoms with E-state index in [2.05, 4.69) is 73.1 Å². The van der Waals surface area contributed by atoms with Crippen molar-refractivity contribution in [2.45, 2.75) is 208 Å². The van der Waals surface area contributed by atoms with Gasteiger partial charge in [0.05, 0.1) is 25.5 Å². The van der Waals surface area contributed by atoms with Gasteiger partial charge in [0.2, 0.25) is 65.0 Å². The summed E-state index contributed by atoms with van der Waals surface area (Å²) < 4.78 is 0. The van der Waals surface area contributed by atoms with Gasteiger partial charge in [-0.05, 0) is 146 Å². The lowest BCUT2D eigenvalue weighted by Gasteiger charge is -2.31.